The number of aryl methyl sites for hydroxylation is 1. The Morgan fingerprint density at radius 1 is 1.14 bits per heavy atom. The Labute approximate surface area is 221 Å². The number of allylic oxidation sites excluding steroid dienone is 1. The van der Waals surface area contributed by atoms with E-state index in [9.17, 15) is 9.50 Å². The van der Waals surface area contributed by atoms with Gasteiger partial charge in [0.05, 0.1) is 6.67 Å². The maximum Gasteiger partial charge on any atom is 0.213 e. The number of hydrogen-bond donors (Lipinski definition) is 1. The van der Waals surface area contributed by atoms with E-state index in [0.29, 0.717) is 29.3 Å². The average molecular weight is 525 g/mol. The second-order valence-electron chi connectivity index (χ2n) is 9.85. The quantitative estimate of drug-likeness (QED) is 0.361. The third-order valence-electron chi connectivity index (χ3n) is 7.30. The molecule has 0 spiro atoms. The molecule has 5 rings (SSSR count). The predicted octanol–water partition coefficient (Wildman–Crippen LogP) is 7.00. The van der Waals surface area contributed by atoms with Crippen molar-refractivity contribution in [3.8, 4) is 11.6 Å². The number of rotatable bonds is 7. The molecule has 194 valence electrons. The molecule has 7 heteroatoms. The summed E-state index contributed by atoms with van der Waals surface area (Å²) in [5.74, 6) is -0.353. The minimum atomic E-state index is -0.560. The first-order valence-corrected chi connectivity index (χ1v) is 13.2. The van der Waals surface area contributed by atoms with E-state index in [0.717, 1.165) is 72.3 Å². The van der Waals surface area contributed by atoms with E-state index in [2.05, 4.69) is 16.0 Å². The van der Waals surface area contributed by atoms with Crippen LogP contribution in [0.2, 0.25) is 5.02 Å². The van der Waals surface area contributed by atoms with Crippen molar-refractivity contribution in [2.45, 2.75) is 45.1 Å². The van der Waals surface area contributed by atoms with E-state index in [-0.39, 0.29) is 18.5 Å². The Morgan fingerprint density at radius 3 is 2.73 bits per heavy atom. The van der Waals surface area contributed by atoms with Gasteiger partial charge in [0.15, 0.2) is 11.6 Å². The predicted molar refractivity (Wildman–Crippen MR) is 143 cm³/mol. The van der Waals surface area contributed by atoms with Crippen molar-refractivity contribution < 1.29 is 18.6 Å². The number of aromatic hydroxyl groups is 1. The summed E-state index contributed by atoms with van der Waals surface area (Å²) in [5.41, 5.74) is 6.17. The van der Waals surface area contributed by atoms with Gasteiger partial charge in [0.25, 0.3) is 0 Å². The second kappa shape index (κ2) is 11.2. The molecule has 0 radical (unpaired) electrons. The molecule has 4 nitrogen and oxygen atoms in total. The number of fused-ring (bicyclic) bond motifs is 1. The van der Waals surface area contributed by atoms with Crippen LogP contribution in [0.4, 0.5) is 8.78 Å². The standard InChI is InChI=1S/C30H31ClF2N2O2/c1-19-16-20(6-9-26(19)31)23-4-2-5-25-24(8-10-27(36)30(25)33)29(23)21-7-11-28(34-17-21)37-22-12-15-35(18-22)14-3-13-32/h6-11,16-17,22,36H,2-5,12-15,18H2,1H3. The molecule has 1 aromatic heterocycles. The molecule has 1 aliphatic carbocycles. The fourth-order valence-electron chi connectivity index (χ4n) is 5.42. The number of phenolic OH excluding ortho intramolecular Hbond substituents is 1. The molecule has 1 saturated heterocycles. The Morgan fingerprint density at radius 2 is 1.97 bits per heavy atom. The molecule has 1 unspecified atom stereocenters. The van der Waals surface area contributed by atoms with Crippen LogP contribution in [0, 0.1) is 12.7 Å². The minimum absolute atomic E-state index is 0.0282. The average Bonchev–Trinajstić information content (AvgIpc) is 3.25. The van der Waals surface area contributed by atoms with Crippen molar-refractivity contribution >= 4 is 22.7 Å². The molecule has 0 saturated carbocycles. The van der Waals surface area contributed by atoms with E-state index in [1.54, 1.807) is 12.3 Å². The van der Waals surface area contributed by atoms with Gasteiger partial charge >= 0.3 is 0 Å². The van der Waals surface area contributed by atoms with Gasteiger partial charge in [0.2, 0.25) is 5.88 Å². The lowest BCUT2D eigenvalue weighted by Gasteiger charge is -2.18. The Bertz CT molecular complexity index is 1310. The SMILES string of the molecule is Cc1cc(C2=C(c3ccc(OC4CCN(CCCF)C4)nc3)c3ccc(O)c(F)c3CCC2)ccc1Cl. The summed E-state index contributed by atoms with van der Waals surface area (Å²) in [7, 11) is 0. The number of aromatic nitrogens is 1. The van der Waals surface area contributed by atoms with Crippen molar-refractivity contribution in [1.29, 1.82) is 0 Å². The van der Waals surface area contributed by atoms with Gasteiger partial charge in [-0.05, 0) is 90.6 Å². The molecule has 2 aliphatic rings. The number of benzene rings is 2. The number of halogens is 3. The Kier molecular flexibility index (Phi) is 7.77. The van der Waals surface area contributed by atoms with E-state index in [1.807, 2.05) is 31.2 Å². The number of pyridine rings is 1. The first-order valence-electron chi connectivity index (χ1n) is 12.9. The molecule has 2 heterocycles. The zero-order chi connectivity index (χ0) is 25.9. The number of alkyl halides is 1. The van der Waals surface area contributed by atoms with Gasteiger partial charge in [-0.3, -0.25) is 9.29 Å². The van der Waals surface area contributed by atoms with Crippen LogP contribution < -0.4 is 4.74 Å². The highest BCUT2D eigenvalue weighted by molar-refractivity contribution is 6.31. The van der Waals surface area contributed by atoms with E-state index in [1.165, 1.54) is 6.07 Å². The van der Waals surface area contributed by atoms with Gasteiger partial charge in [-0.1, -0.05) is 29.8 Å². The molecule has 1 atom stereocenters. The lowest BCUT2D eigenvalue weighted by Crippen LogP contribution is -2.26. The van der Waals surface area contributed by atoms with Gasteiger partial charge < -0.3 is 9.84 Å². The molecule has 37 heavy (non-hydrogen) atoms. The summed E-state index contributed by atoms with van der Waals surface area (Å²) in [5, 5.41) is 10.8. The molecular formula is C30H31ClF2N2O2. The number of likely N-dealkylation sites (tertiary alicyclic amines) is 1. The highest BCUT2D eigenvalue weighted by Gasteiger charge is 2.26. The lowest BCUT2D eigenvalue weighted by molar-refractivity contribution is 0.191. The third kappa shape index (κ3) is 5.51. The Balaban J connectivity index is 1.51. The summed E-state index contributed by atoms with van der Waals surface area (Å²) in [4.78, 5) is 6.83. The van der Waals surface area contributed by atoms with Gasteiger partial charge in [0.1, 0.15) is 6.10 Å². The largest absolute Gasteiger partial charge is 0.505 e. The van der Waals surface area contributed by atoms with Crippen molar-refractivity contribution in [1.82, 2.24) is 9.88 Å². The highest BCUT2D eigenvalue weighted by atomic mass is 35.5. The second-order valence-corrected chi connectivity index (χ2v) is 10.3. The van der Waals surface area contributed by atoms with Crippen LogP contribution in [-0.4, -0.2) is 47.4 Å². The molecule has 1 aliphatic heterocycles. The number of ether oxygens (including phenoxy) is 1. The Hall–Kier alpha value is -2.96. The zero-order valence-corrected chi connectivity index (χ0v) is 21.7. The molecule has 2 aromatic carbocycles. The molecule has 0 amide bonds. The molecule has 0 bridgehead atoms. The number of phenols is 1. The van der Waals surface area contributed by atoms with Crippen LogP contribution in [-0.2, 0) is 6.42 Å². The maximum absolute atomic E-state index is 15.0. The lowest BCUT2D eigenvalue weighted by atomic mass is 9.88. The van der Waals surface area contributed by atoms with Crippen LogP contribution in [0.3, 0.4) is 0 Å². The molecule has 1 fully saturated rings. The van der Waals surface area contributed by atoms with Crippen molar-refractivity contribution in [2.24, 2.45) is 0 Å². The molecule has 1 N–H and O–H groups in total. The monoisotopic (exact) mass is 524 g/mol. The first-order chi connectivity index (χ1) is 17.9. The smallest absolute Gasteiger partial charge is 0.213 e. The van der Waals surface area contributed by atoms with Crippen LogP contribution in [0.25, 0.3) is 11.1 Å². The molecular weight excluding hydrogens is 494 g/mol. The fraction of sp³-hybridized carbons (Fsp3) is 0.367. The van der Waals surface area contributed by atoms with Gasteiger partial charge in [-0.15, -0.1) is 0 Å². The van der Waals surface area contributed by atoms with Crippen LogP contribution in [0.5, 0.6) is 11.6 Å². The van der Waals surface area contributed by atoms with Crippen LogP contribution in [0.1, 0.15) is 53.5 Å². The fourth-order valence-corrected chi connectivity index (χ4v) is 5.53. The van der Waals surface area contributed by atoms with Gasteiger partial charge in [-0.25, -0.2) is 9.37 Å². The highest BCUT2D eigenvalue weighted by Crippen LogP contribution is 2.42. The minimum Gasteiger partial charge on any atom is -0.505 e. The van der Waals surface area contributed by atoms with Crippen molar-refractivity contribution in [3.05, 3.63) is 87.3 Å². The molecule has 3 aromatic rings. The van der Waals surface area contributed by atoms with Crippen molar-refractivity contribution in [2.75, 3.05) is 26.3 Å². The van der Waals surface area contributed by atoms with E-state index < -0.39 is 5.82 Å². The van der Waals surface area contributed by atoms with Crippen LogP contribution >= 0.6 is 11.6 Å². The third-order valence-corrected chi connectivity index (χ3v) is 7.73. The van der Waals surface area contributed by atoms with E-state index >= 15 is 4.39 Å². The summed E-state index contributed by atoms with van der Waals surface area (Å²) in [6.07, 6.45) is 5.28. The number of nitrogens with zero attached hydrogens (tertiary/aromatic N) is 2. The summed E-state index contributed by atoms with van der Waals surface area (Å²) in [6, 6.07) is 13.0. The van der Waals surface area contributed by atoms with Gasteiger partial charge in [0, 0.05) is 42.5 Å². The van der Waals surface area contributed by atoms with Gasteiger partial charge in [-0.2, -0.15) is 0 Å². The first kappa shape index (κ1) is 25.7. The summed E-state index contributed by atoms with van der Waals surface area (Å²) >= 11 is 6.31. The topological polar surface area (TPSA) is 45.6 Å². The van der Waals surface area contributed by atoms with Crippen molar-refractivity contribution in [3.63, 3.8) is 0 Å². The summed E-state index contributed by atoms with van der Waals surface area (Å²) in [6.45, 7) is 4.09. The normalized spacial score (nSPS) is 18.1. The maximum atomic E-state index is 15.0. The van der Waals surface area contributed by atoms with E-state index in [4.69, 9.17) is 16.3 Å². The zero-order valence-electron chi connectivity index (χ0n) is 20.9. The number of hydrogen-bond acceptors (Lipinski definition) is 4. The van der Waals surface area contributed by atoms with Crippen LogP contribution in [0.15, 0.2) is 48.7 Å². The summed E-state index contributed by atoms with van der Waals surface area (Å²) < 4.78 is 33.7.